The van der Waals surface area contributed by atoms with Crippen LogP contribution in [0, 0.1) is 0 Å². The van der Waals surface area contributed by atoms with E-state index in [0.717, 1.165) is 37.1 Å². The van der Waals surface area contributed by atoms with Crippen LogP contribution in [0.2, 0.25) is 0 Å². The fourth-order valence-corrected chi connectivity index (χ4v) is 4.06. The minimum Gasteiger partial charge on any atom is -0.284 e. The van der Waals surface area contributed by atoms with Crippen LogP contribution in [0.25, 0.3) is 17.2 Å². The van der Waals surface area contributed by atoms with Gasteiger partial charge in [-0.15, -0.1) is 24.8 Å². The first-order chi connectivity index (χ1) is 12.9. The molecule has 1 aromatic heterocycles. The minimum atomic E-state index is 0. The zero-order valence-electron chi connectivity index (χ0n) is 15.5. The lowest BCUT2D eigenvalue weighted by molar-refractivity contribution is 0.818. The number of aliphatic imine (C=N–C) groups is 1. The number of rotatable bonds is 2. The summed E-state index contributed by atoms with van der Waals surface area (Å²) in [4.78, 5) is 9.05. The van der Waals surface area contributed by atoms with Gasteiger partial charge in [0, 0.05) is 24.5 Å². The second-order valence-corrected chi connectivity index (χ2v) is 7.00. The Morgan fingerprint density at radius 1 is 0.857 bits per heavy atom. The van der Waals surface area contributed by atoms with Gasteiger partial charge in [0.1, 0.15) is 0 Å². The van der Waals surface area contributed by atoms with Crippen molar-refractivity contribution in [3.63, 3.8) is 0 Å². The molecule has 5 rings (SSSR count). The first-order valence-corrected chi connectivity index (χ1v) is 9.25. The average molecular weight is 409 g/mol. The van der Waals surface area contributed by atoms with E-state index < -0.39 is 0 Å². The molecule has 0 radical (unpaired) electrons. The van der Waals surface area contributed by atoms with Crippen molar-refractivity contribution in [2.75, 3.05) is 6.54 Å². The highest BCUT2D eigenvalue weighted by molar-refractivity contribution is 6.15. The summed E-state index contributed by atoms with van der Waals surface area (Å²) >= 11 is 0. The van der Waals surface area contributed by atoms with Crippen LogP contribution in [0.3, 0.4) is 0 Å². The highest BCUT2D eigenvalue weighted by atomic mass is 35.5. The standard InChI is InChI=1S/C24H20N2.2ClH/c1-2-8-22-18(5-1)15-21-14-17(9-10-23(21)22)13-19-6-4-12-26-24(19)20-7-3-11-25-16-20;;/h1-3,5,7-11,13-14,16H,4,6,12,15H2;2*1H. The number of hydrogen-bond acceptors (Lipinski definition) is 2. The maximum Gasteiger partial charge on any atom is 0.0694 e. The minimum absolute atomic E-state index is 0. The third kappa shape index (κ3) is 3.76. The monoisotopic (exact) mass is 408 g/mol. The molecule has 0 bridgehead atoms. The Bertz CT molecular complexity index is 1040. The van der Waals surface area contributed by atoms with Crippen LogP contribution in [0.4, 0.5) is 0 Å². The number of nitrogens with zero attached hydrogens (tertiary/aromatic N) is 2. The number of benzene rings is 2. The van der Waals surface area contributed by atoms with Gasteiger partial charge >= 0.3 is 0 Å². The largest absolute Gasteiger partial charge is 0.284 e. The highest BCUT2D eigenvalue weighted by Gasteiger charge is 2.18. The SMILES string of the molecule is C(=C1CCCN=C1c1cccnc1)c1ccc2c(c1)Cc1ccccc1-2.Cl.Cl. The molecule has 0 atom stereocenters. The van der Waals surface area contributed by atoms with Gasteiger partial charge in [0.05, 0.1) is 5.71 Å². The third-order valence-corrected chi connectivity index (χ3v) is 5.27. The molecule has 0 saturated heterocycles. The van der Waals surface area contributed by atoms with Crippen molar-refractivity contribution in [3.8, 4) is 11.1 Å². The summed E-state index contributed by atoms with van der Waals surface area (Å²) in [7, 11) is 0. The summed E-state index contributed by atoms with van der Waals surface area (Å²) in [5, 5.41) is 0. The van der Waals surface area contributed by atoms with Crippen molar-refractivity contribution in [3.05, 3.63) is 94.8 Å². The van der Waals surface area contributed by atoms with E-state index in [0.29, 0.717) is 0 Å². The van der Waals surface area contributed by atoms with Gasteiger partial charge < -0.3 is 0 Å². The van der Waals surface area contributed by atoms with Crippen LogP contribution in [-0.4, -0.2) is 17.2 Å². The third-order valence-electron chi connectivity index (χ3n) is 5.27. The van der Waals surface area contributed by atoms with Gasteiger partial charge in [-0.25, -0.2) is 0 Å². The van der Waals surface area contributed by atoms with Crippen molar-refractivity contribution in [1.82, 2.24) is 4.98 Å². The van der Waals surface area contributed by atoms with E-state index in [1.54, 1.807) is 0 Å². The lowest BCUT2D eigenvalue weighted by atomic mass is 9.94. The molecule has 0 amide bonds. The number of fused-ring (bicyclic) bond motifs is 3. The van der Waals surface area contributed by atoms with Crippen LogP contribution in [0.1, 0.15) is 35.1 Å². The van der Waals surface area contributed by atoms with E-state index in [4.69, 9.17) is 4.99 Å². The number of halogens is 2. The van der Waals surface area contributed by atoms with Crippen molar-refractivity contribution in [1.29, 1.82) is 0 Å². The number of aromatic nitrogens is 1. The van der Waals surface area contributed by atoms with Crippen LogP contribution in [0.15, 0.2) is 77.6 Å². The van der Waals surface area contributed by atoms with Gasteiger partial charge in [-0.05, 0) is 70.9 Å². The molecule has 1 aliphatic heterocycles. The van der Waals surface area contributed by atoms with Crippen LogP contribution < -0.4 is 0 Å². The lowest BCUT2D eigenvalue weighted by Gasteiger charge is -2.16. The van der Waals surface area contributed by atoms with Gasteiger partial charge in [0.25, 0.3) is 0 Å². The maximum absolute atomic E-state index is 4.79. The van der Waals surface area contributed by atoms with Crippen molar-refractivity contribution in [2.24, 2.45) is 4.99 Å². The number of hydrogen-bond donors (Lipinski definition) is 0. The molecular weight excluding hydrogens is 387 g/mol. The Kier molecular flexibility index (Phi) is 6.33. The fourth-order valence-electron chi connectivity index (χ4n) is 4.06. The molecule has 2 nitrogen and oxygen atoms in total. The van der Waals surface area contributed by atoms with Crippen LogP contribution >= 0.6 is 24.8 Å². The van der Waals surface area contributed by atoms with Crippen molar-refractivity contribution >= 4 is 36.6 Å². The van der Waals surface area contributed by atoms with Gasteiger partial charge in [-0.2, -0.15) is 0 Å². The van der Waals surface area contributed by atoms with E-state index in [1.807, 2.05) is 18.5 Å². The molecule has 0 saturated carbocycles. The molecule has 142 valence electrons. The summed E-state index contributed by atoms with van der Waals surface area (Å²) in [6.07, 6.45) is 9.27. The second kappa shape index (κ2) is 8.72. The Morgan fingerprint density at radius 3 is 2.57 bits per heavy atom. The predicted octanol–water partition coefficient (Wildman–Crippen LogP) is 6.16. The molecular formula is C24H22Cl2N2. The molecule has 2 aliphatic rings. The quantitative estimate of drug-likeness (QED) is 0.389. The van der Waals surface area contributed by atoms with Crippen molar-refractivity contribution in [2.45, 2.75) is 19.3 Å². The Hall–Kier alpha value is -2.42. The summed E-state index contributed by atoms with van der Waals surface area (Å²) < 4.78 is 0. The fraction of sp³-hybridized carbons (Fsp3) is 0.167. The zero-order valence-corrected chi connectivity index (χ0v) is 17.1. The maximum atomic E-state index is 4.79. The van der Waals surface area contributed by atoms with E-state index in [1.165, 1.54) is 33.4 Å². The first-order valence-electron chi connectivity index (χ1n) is 9.25. The Labute approximate surface area is 178 Å². The summed E-state index contributed by atoms with van der Waals surface area (Å²) in [6.45, 7) is 0.904. The van der Waals surface area contributed by atoms with E-state index in [9.17, 15) is 0 Å². The van der Waals surface area contributed by atoms with Gasteiger partial charge in [0.2, 0.25) is 0 Å². The summed E-state index contributed by atoms with van der Waals surface area (Å²) in [6, 6.07) is 19.7. The molecule has 1 aliphatic carbocycles. The molecule has 3 aromatic rings. The summed E-state index contributed by atoms with van der Waals surface area (Å²) in [5.74, 6) is 0. The van der Waals surface area contributed by atoms with Gasteiger partial charge in [-0.3, -0.25) is 9.98 Å². The summed E-state index contributed by atoms with van der Waals surface area (Å²) in [5.41, 5.74) is 10.4. The normalized spacial score (nSPS) is 15.7. The predicted molar refractivity (Wildman–Crippen MR) is 122 cm³/mol. The molecule has 0 N–H and O–H groups in total. The highest BCUT2D eigenvalue weighted by Crippen LogP contribution is 2.37. The molecule has 0 fully saturated rings. The first kappa shape index (κ1) is 20.3. The molecule has 2 aromatic carbocycles. The van der Waals surface area contributed by atoms with Crippen molar-refractivity contribution < 1.29 is 0 Å². The smallest absolute Gasteiger partial charge is 0.0694 e. The van der Waals surface area contributed by atoms with E-state index >= 15 is 0 Å². The van der Waals surface area contributed by atoms with Crippen LogP contribution in [0.5, 0.6) is 0 Å². The Morgan fingerprint density at radius 2 is 1.71 bits per heavy atom. The molecule has 0 unspecified atom stereocenters. The molecule has 0 spiro atoms. The molecule has 2 heterocycles. The van der Waals surface area contributed by atoms with E-state index in [2.05, 4.69) is 59.6 Å². The molecule has 28 heavy (non-hydrogen) atoms. The van der Waals surface area contributed by atoms with Gasteiger partial charge in [0.15, 0.2) is 0 Å². The van der Waals surface area contributed by atoms with Crippen LogP contribution in [-0.2, 0) is 6.42 Å². The Balaban J connectivity index is 0.00000112. The molecule has 4 heteroatoms. The second-order valence-electron chi connectivity index (χ2n) is 7.00. The van der Waals surface area contributed by atoms with E-state index in [-0.39, 0.29) is 24.8 Å². The topological polar surface area (TPSA) is 25.2 Å². The average Bonchev–Trinajstić information content (AvgIpc) is 3.07. The lowest BCUT2D eigenvalue weighted by Crippen LogP contribution is -2.11. The number of allylic oxidation sites excluding steroid dienone is 1. The zero-order chi connectivity index (χ0) is 17.3. The van der Waals surface area contributed by atoms with Gasteiger partial charge in [-0.1, -0.05) is 42.5 Å². The number of pyridine rings is 1.